The van der Waals surface area contributed by atoms with E-state index in [1.54, 1.807) is 0 Å². The molecule has 0 aromatic heterocycles. The molecule has 1 rings (SSSR count). The number of nitrogens with one attached hydrogen (secondary N) is 2. The van der Waals surface area contributed by atoms with Gasteiger partial charge in [-0.05, 0) is 12.8 Å². The number of primary amides is 1. The van der Waals surface area contributed by atoms with Gasteiger partial charge >= 0.3 is 0 Å². The highest BCUT2D eigenvalue weighted by atomic mass is 16.7. The first-order valence-corrected chi connectivity index (χ1v) is 9.61. The lowest BCUT2D eigenvalue weighted by Crippen LogP contribution is -2.66. The molecule has 6 atom stereocenters. The minimum atomic E-state index is -1.39. The van der Waals surface area contributed by atoms with Gasteiger partial charge in [-0.1, -0.05) is 0 Å². The van der Waals surface area contributed by atoms with E-state index < -0.39 is 48.5 Å². The fraction of sp³-hybridized carbons (Fsp3) is 0.812. The smallest absolute Gasteiger partial charge is 0.237 e. The first-order chi connectivity index (χ1) is 14.2. The van der Waals surface area contributed by atoms with Crippen LogP contribution in [0.2, 0.25) is 0 Å². The number of nitrogens with two attached hydrogens (primary N) is 5. The molecule has 1 saturated heterocycles. The number of ether oxygens (including phenoxy) is 2. The predicted molar refractivity (Wildman–Crippen MR) is 108 cm³/mol. The van der Waals surface area contributed by atoms with Gasteiger partial charge in [0.25, 0.3) is 0 Å². The average molecular weight is 434 g/mol. The predicted octanol–water partition coefficient (Wildman–Crippen LogP) is -5.65. The molecule has 0 unspecified atom stereocenters. The molecular weight excluding hydrogens is 400 g/mol. The van der Waals surface area contributed by atoms with Crippen molar-refractivity contribution in [1.82, 2.24) is 10.6 Å². The van der Waals surface area contributed by atoms with Crippen LogP contribution in [-0.4, -0.2) is 97.5 Å². The van der Waals surface area contributed by atoms with Crippen molar-refractivity contribution in [1.29, 1.82) is 0 Å². The summed E-state index contributed by atoms with van der Waals surface area (Å²) in [6.45, 7) is 0.563. The van der Waals surface area contributed by atoms with Gasteiger partial charge in [0.15, 0.2) is 12.2 Å². The summed E-state index contributed by atoms with van der Waals surface area (Å²) in [5.41, 5.74) is 26.9. The molecule has 1 aliphatic heterocycles. The van der Waals surface area contributed by atoms with Crippen molar-refractivity contribution in [3.05, 3.63) is 0 Å². The lowest BCUT2D eigenvalue weighted by atomic mass is 9.96. The summed E-state index contributed by atoms with van der Waals surface area (Å²) in [4.78, 5) is 27.0. The summed E-state index contributed by atoms with van der Waals surface area (Å²) >= 11 is 0. The van der Waals surface area contributed by atoms with Gasteiger partial charge in [0.1, 0.15) is 24.4 Å². The van der Waals surface area contributed by atoms with Gasteiger partial charge in [0.2, 0.25) is 11.8 Å². The van der Waals surface area contributed by atoms with Gasteiger partial charge in [-0.25, -0.2) is 0 Å². The molecule has 14 N–H and O–H groups in total. The number of nitrogens with zero attached hydrogens (tertiary/aromatic N) is 1. The third-order valence-corrected chi connectivity index (χ3v) is 4.41. The number of aliphatic hydroxyl groups excluding tert-OH is 2. The summed E-state index contributed by atoms with van der Waals surface area (Å²) in [7, 11) is 0. The van der Waals surface area contributed by atoms with Crippen molar-refractivity contribution in [2.45, 2.75) is 49.5 Å². The second-order valence-electron chi connectivity index (χ2n) is 6.86. The lowest BCUT2D eigenvalue weighted by molar-refractivity contribution is -0.261. The molecular formula is C16H34N8O6. The maximum absolute atomic E-state index is 12.4. The second-order valence-corrected chi connectivity index (χ2v) is 6.86. The van der Waals surface area contributed by atoms with E-state index in [4.69, 9.17) is 38.1 Å². The third kappa shape index (κ3) is 8.74. The minimum Gasteiger partial charge on any atom is -0.388 e. The fourth-order valence-electron chi connectivity index (χ4n) is 2.80. The Balaban J connectivity index is 2.65. The van der Waals surface area contributed by atoms with Gasteiger partial charge in [-0.2, -0.15) is 0 Å². The summed E-state index contributed by atoms with van der Waals surface area (Å²) in [5, 5.41) is 25.9. The van der Waals surface area contributed by atoms with Crippen molar-refractivity contribution < 1.29 is 29.3 Å². The van der Waals surface area contributed by atoms with Crippen LogP contribution >= 0.6 is 0 Å². The van der Waals surface area contributed by atoms with Crippen LogP contribution in [-0.2, 0) is 19.1 Å². The number of aliphatic imine (C=N–C) groups is 1. The van der Waals surface area contributed by atoms with Gasteiger partial charge in [-0.3, -0.25) is 14.6 Å². The van der Waals surface area contributed by atoms with Crippen LogP contribution in [0.4, 0.5) is 0 Å². The largest absolute Gasteiger partial charge is 0.388 e. The molecule has 0 radical (unpaired) electrons. The Morgan fingerprint density at radius 3 is 2.50 bits per heavy atom. The Hall–Kier alpha value is -2.07. The number of amides is 2. The Morgan fingerprint density at radius 1 is 1.20 bits per heavy atom. The average Bonchev–Trinajstić information content (AvgIpc) is 2.69. The highest BCUT2D eigenvalue weighted by molar-refractivity contribution is 5.81. The van der Waals surface area contributed by atoms with E-state index in [0.29, 0.717) is 19.4 Å². The standard InChI is InChI=1S/C16H34N8O6/c17-6-9-12(26)13(27)11(15(30-9)29-5-4-22-7-10(19)25)24-14(28)8(18)2-1-3-23-16(20)21/h8-9,11-13,15,22,26-27H,1-7,17-18H2,(H2,19,25)(H,24,28)(H4,20,21,23)/t8-,9+,11+,12+,13+,15-/m0/s1. The molecule has 30 heavy (non-hydrogen) atoms. The first-order valence-electron chi connectivity index (χ1n) is 9.61. The topological polar surface area (TPSA) is 260 Å². The highest BCUT2D eigenvalue weighted by Gasteiger charge is 2.45. The summed E-state index contributed by atoms with van der Waals surface area (Å²) in [6, 6.07) is -1.98. The number of guanidine groups is 1. The summed E-state index contributed by atoms with van der Waals surface area (Å²) in [6.07, 6.45) is -3.93. The van der Waals surface area contributed by atoms with Crippen LogP contribution in [0.5, 0.6) is 0 Å². The maximum Gasteiger partial charge on any atom is 0.237 e. The molecule has 14 heteroatoms. The van der Waals surface area contributed by atoms with Crippen molar-refractivity contribution in [3.63, 3.8) is 0 Å². The summed E-state index contributed by atoms with van der Waals surface area (Å²) < 4.78 is 11.2. The third-order valence-electron chi connectivity index (χ3n) is 4.41. The molecule has 0 bridgehead atoms. The van der Waals surface area contributed by atoms with Crippen LogP contribution in [0.1, 0.15) is 12.8 Å². The van der Waals surface area contributed by atoms with Crippen molar-refractivity contribution in [2.24, 2.45) is 33.7 Å². The van der Waals surface area contributed by atoms with Crippen LogP contribution in [0.25, 0.3) is 0 Å². The Kier molecular flexibility index (Phi) is 11.5. The van der Waals surface area contributed by atoms with E-state index >= 15 is 0 Å². The van der Waals surface area contributed by atoms with Crippen molar-refractivity contribution in [3.8, 4) is 0 Å². The number of aliphatic hydroxyl groups is 2. The Labute approximate surface area is 174 Å². The fourth-order valence-corrected chi connectivity index (χ4v) is 2.80. The molecule has 0 aromatic rings. The lowest BCUT2D eigenvalue weighted by Gasteiger charge is -2.42. The SMILES string of the molecule is NC[C@H]1O[C@H](OCCNCC(N)=O)[C@H](NC(=O)[C@@H](N)CCCN=C(N)N)[C@@H](O)[C@@H]1O. The first kappa shape index (κ1) is 26.0. The molecule has 1 heterocycles. The highest BCUT2D eigenvalue weighted by Crippen LogP contribution is 2.22. The van der Waals surface area contributed by atoms with E-state index in [2.05, 4.69) is 15.6 Å². The molecule has 174 valence electrons. The minimum absolute atomic E-state index is 0.0312. The molecule has 0 saturated carbocycles. The van der Waals surface area contributed by atoms with Crippen LogP contribution < -0.4 is 39.3 Å². The monoisotopic (exact) mass is 434 g/mol. The number of carbonyl (C=O) groups excluding carboxylic acids is 2. The zero-order valence-electron chi connectivity index (χ0n) is 16.8. The molecule has 0 aromatic carbocycles. The molecule has 1 fully saturated rings. The quantitative estimate of drug-likeness (QED) is 0.0749. The van der Waals surface area contributed by atoms with Crippen LogP contribution in [0, 0.1) is 0 Å². The van der Waals surface area contributed by atoms with Gasteiger partial charge in [0.05, 0.1) is 19.2 Å². The molecule has 0 aliphatic carbocycles. The van der Waals surface area contributed by atoms with E-state index in [1.165, 1.54) is 0 Å². The van der Waals surface area contributed by atoms with E-state index in [1.807, 2.05) is 0 Å². The van der Waals surface area contributed by atoms with Crippen LogP contribution in [0.15, 0.2) is 4.99 Å². The van der Waals surface area contributed by atoms with Crippen molar-refractivity contribution >= 4 is 17.8 Å². The number of hydrogen-bond acceptors (Lipinski definition) is 10. The molecule has 0 spiro atoms. The second kappa shape index (κ2) is 13.3. The van der Waals surface area contributed by atoms with Gasteiger partial charge < -0.3 is 59.0 Å². The van der Waals surface area contributed by atoms with E-state index in [-0.39, 0.29) is 32.2 Å². The van der Waals surface area contributed by atoms with E-state index in [0.717, 1.165) is 0 Å². The molecule has 2 amide bonds. The number of carbonyl (C=O) groups is 2. The molecule has 14 nitrogen and oxygen atoms in total. The van der Waals surface area contributed by atoms with E-state index in [9.17, 15) is 19.8 Å². The van der Waals surface area contributed by atoms with Gasteiger partial charge in [-0.15, -0.1) is 0 Å². The normalized spacial score (nSPS) is 27.3. The van der Waals surface area contributed by atoms with Gasteiger partial charge in [0, 0.05) is 19.6 Å². The maximum atomic E-state index is 12.4. The zero-order valence-corrected chi connectivity index (χ0v) is 16.8. The molecule has 1 aliphatic rings. The zero-order chi connectivity index (χ0) is 22.7. The number of rotatable bonds is 13. The van der Waals surface area contributed by atoms with Crippen molar-refractivity contribution in [2.75, 3.05) is 32.8 Å². The van der Waals surface area contributed by atoms with Crippen LogP contribution in [0.3, 0.4) is 0 Å². The Morgan fingerprint density at radius 2 is 1.90 bits per heavy atom. The number of hydrogen-bond donors (Lipinski definition) is 9. The Bertz CT molecular complexity index is 576. The summed E-state index contributed by atoms with van der Waals surface area (Å²) in [5.74, 6) is -1.14.